The van der Waals surface area contributed by atoms with Crippen molar-refractivity contribution in [3.05, 3.63) is 28.7 Å². The van der Waals surface area contributed by atoms with Gasteiger partial charge in [-0.1, -0.05) is 63.9 Å². The summed E-state index contributed by atoms with van der Waals surface area (Å²) >= 11 is 3.28. The monoisotopic (exact) mass is 727 g/mol. The largest absolute Gasteiger partial charge is 0.467 e. The molecule has 0 bridgehead atoms. The van der Waals surface area contributed by atoms with Crippen molar-refractivity contribution in [1.29, 1.82) is 0 Å². The minimum Gasteiger partial charge on any atom is -0.467 e. The number of alkyl carbamates (subject to hydrolysis) is 1. The second-order valence-corrected chi connectivity index (χ2v) is 16.5. The van der Waals surface area contributed by atoms with Crippen LogP contribution in [-0.2, 0) is 38.2 Å². The predicted molar refractivity (Wildman–Crippen MR) is 172 cm³/mol. The maximum Gasteiger partial charge on any atom is 0.408 e. The first-order valence-corrected chi connectivity index (χ1v) is 18.0. The van der Waals surface area contributed by atoms with Crippen LogP contribution >= 0.6 is 15.9 Å². The summed E-state index contributed by atoms with van der Waals surface area (Å²) in [6, 6.07) is 3.60. The number of nitrogens with zero attached hydrogens (tertiary/aromatic N) is 1. The Kier molecular flexibility index (Phi) is 10.8. The molecule has 1 aromatic carbocycles. The van der Waals surface area contributed by atoms with E-state index in [4.69, 9.17) is 13.7 Å². The second kappa shape index (κ2) is 13.8. The Hall–Kier alpha value is -2.71. The lowest BCUT2D eigenvalue weighted by atomic mass is 9.85. The van der Waals surface area contributed by atoms with E-state index in [1.165, 1.54) is 24.1 Å². The summed E-state index contributed by atoms with van der Waals surface area (Å²) in [5, 5.41) is 5.54. The van der Waals surface area contributed by atoms with Crippen molar-refractivity contribution in [3.8, 4) is 0 Å². The minimum absolute atomic E-state index is 0.0811. The van der Waals surface area contributed by atoms with Gasteiger partial charge in [-0.2, -0.15) is 8.42 Å². The Balaban J connectivity index is 1.59. The Morgan fingerprint density at radius 1 is 1.04 bits per heavy atom. The van der Waals surface area contributed by atoms with Crippen molar-refractivity contribution >= 4 is 49.9 Å². The van der Waals surface area contributed by atoms with E-state index in [2.05, 4.69) is 40.4 Å². The predicted octanol–water partition coefficient (Wildman–Crippen LogP) is 4.16. The highest BCUT2D eigenvalue weighted by Gasteiger charge is 2.62. The van der Waals surface area contributed by atoms with Gasteiger partial charge in [0.1, 0.15) is 23.7 Å². The molecule has 4 unspecified atom stereocenters. The van der Waals surface area contributed by atoms with Crippen LogP contribution in [0, 0.1) is 23.2 Å². The van der Waals surface area contributed by atoms with E-state index in [1.54, 1.807) is 32.9 Å². The van der Waals surface area contributed by atoms with E-state index in [-0.39, 0.29) is 29.9 Å². The Labute approximate surface area is 279 Å². The number of esters is 1. The van der Waals surface area contributed by atoms with E-state index in [0.29, 0.717) is 29.2 Å². The van der Waals surface area contributed by atoms with Gasteiger partial charge < -0.3 is 25.0 Å². The normalized spacial score (nSPS) is 30.0. The molecule has 0 radical (unpaired) electrons. The third-order valence-corrected chi connectivity index (χ3v) is 11.5. The highest BCUT2D eigenvalue weighted by Crippen LogP contribution is 2.47. The van der Waals surface area contributed by atoms with Crippen LogP contribution in [0.4, 0.5) is 4.79 Å². The molecule has 3 aliphatic rings. The lowest BCUT2D eigenvalue weighted by Gasteiger charge is -2.35. The van der Waals surface area contributed by atoms with Crippen LogP contribution in [0.15, 0.2) is 33.6 Å². The summed E-state index contributed by atoms with van der Waals surface area (Å²) in [5.41, 5.74) is -2.04. The van der Waals surface area contributed by atoms with Crippen molar-refractivity contribution in [2.75, 3.05) is 13.7 Å². The fourth-order valence-corrected chi connectivity index (χ4v) is 7.90. The molecule has 1 aliphatic heterocycles. The average molecular weight is 729 g/mol. The number of hydrogen-bond donors (Lipinski definition) is 2. The molecule has 14 heteroatoms. The highest BCUT2D eigenvalue weighted by molar-refractivity contribution is 9.10. The molecular weight excluding hydrogens is 682 g/mol. The number of rotatable bonds is 10. The molecule has 12 nitrogen and oxygen atoms in total. The van der Waals surface area contributed by atoms with Crippen molar-refractivity contribution in [3.63, 3.8) is 0 Å². The summed E-state index contributed by atoms with van der Waals surface area (Å²) < 4.78 is 43.3. The highest BCUT2D eigenvalue weighted by atomic mass is 79.9. The topological polar surface area (TPSA) is 157 Å². The Morgan fingerprint density at radius 2 is 1.65 bits per heavy atom. The molecular formula is C32H46BrN3O9S. The van der Waals surface area contributed by atoms with E-state index < -0.39 is 63.1 Å². The number of nitrogens with one attached hydrogen (secondary N) is 2. The molecule has 3 amide bonds. The van der Waals surface area contributed by atoms with Gasteiger partial charge in [0.05, 0.1) is 18.1 Å². The quantitative estimate of drug-likeness (QED) is 0.267. The van der Waals surface area contributed by atoms with E-state index in [0.717, 1.165) is 12.8 Å². The van der Waals surface area contributed by atoms with Gasteiger partial charge in [-0.25, -0.2) is 9.59 Å². The molecule has 0 aromatic heterocycles. The zero-order valence-corrected chi connectivity index (χ0v) is 29.9. The number of benzene rings is 1. The molecule has 46 heavy (non-hydrogen) atoms. The first-order chi connectivity index (χ1) is 21.4. The number of hydrogen-bond acceptors (Lipinski definition) is 9. The first kappa shape index (κ1) is 36.1. The smallest absolute Gasteiger partial charge is 0.408 e. The van der Waals surface area contributed by atoms with Gasteiger partial charge in [0, 0.05) is 17.4 Å². The fourth-order valence-electron chi connectivity index (χ4n) is 6.56. The van der Waals surface area contributed by atoms with Gasteiger partial charge in [0.25, 0.3) is 10.1 Å². The summed E-state index contributed by atoms with van der Waals surface area (Å²) in [6.45, 7) is 11.2. The van der Waals surface area contributed by atoms with Crippen LogP contribution in [0.25, 0.3) is 0 Å². The maximum absolute atomic E-state index is 14.3. The van der Waals surface area contributed by atoms with Crippen molar-refractivity contribution in [2.45, 2.75) is 108 Å². The number of methoxy groups -OCH3 is 1. The van der Waals surface area contributed by atoms with Crippen LogP contribution in [0.5, 0.6) is 0 Å². The average Bonchev–Trinajstić information content (AvgIpc) is 3.38. The molecule has 2 aliphatic carbocycles. The molecule has 256 valence electrons. The van der Waals surface area contributed by atoms with Crippen molar-refractivity contribution in [2.24, 2.45) is 23.2 Å². The number of carbonyl (C=O) groups excluding carboxylic acids is 4. The number of ether oxygens (including phenoxy) is 2. The first-order valence-electron chi connectivity index (χ1n) is 15.8. The maximum atomic E-state index is 14.3. The summed E-state index contributed by atoms with van der Waals surface area (Å²) in [5.74, 6) is -1.15. The van der Waals surface area contributed by atoms with Crippen LogP contribution < -0.4 is 10.6 Å². The molecule has 1 heterocycles. The van der Waals surface area contributed by atoms with E-state index in [9.17, 15) is 27.6 Å². The van der Waals surface area contributed by atoms with Gasteiger partial charge in [0.2, 0.25) is 11.8 Å². The van der Waals surface area contributed by atoms with Gasteiger partial charge in [-0.05, 0) is 66.7 Å². The summed E-state index contributed by atoms with van der Waals surface area (Å²) in [6.07, 6.45) is 0.227. The van der Waals surface area contributed by atoms with E-state index >= 15 is 0 Å². The third-order valence-electron chi connectivity index (χ3n) is 9.60. The van der Waals surface area contributed by atoms with Gasteiger partial charge in [-0.15, -0.1) is 0 Å². The van der Waals surface area contributed by atoms with Crippen LogP contribution in [-0.4, -0.2) is 80.7 Å². The molecule has 2 N–H and O–H groups in total. The lowest BCUT2D eigenvalue weighted by molar-refractivity contribution is -0.148. The van der Waals surface area contributed by atoms with Crippen LogP contribution in [0.3, 0.4) is 0 Å². The number of halogens is 1. The molecule has 1 aromatic rings. The number of amides is 3. The molecule has 4 rings (SSSR count). The van der Waals surface area contributed by atoms with Gasteiger partial charge >= 0.3 is 12.1 Å². The molecule has 0 spiro atoms. The zero-order chi connectivity index (χ0) is 34.2. The van der Waals surface area contributed by atoms with Crippen LogP contribution in [0.2, 0.25) is 0 Å². The molecule has 1 saturated heterocycles. The molecule has 2 saturated carbocycles. The number of carbonyl (C=O) groups is 4. The van der Waals surface area contributed by atoms with Gasteiger partial charge in [0.15, 0.2) is 0 Å². The third kappa shape index (κ3) is 7.87. The second-order valence-electron chi connectivity index (χ2n) is 14.0. The minimum atomic E-state index is -4.26. The standard InChI is InChI=1S/C32H46BrN3O9S/c1-8-20-16-32(20,29(39)43-7)35-27(37)25-15-23(45-46(41,42)24-11-9-21(33)10-12-24)17-36(25)28(38)26(31(4,5)6)34-30(40)44-22-13-18(2)19(3)14-22/h9-12,18-20,22-23,25-26H,8,13-17H2,1-7H3,(H,34,40)(H,35,37)/t18?,19?,20-,22?,23+,25+,26?,32?/m1/s1. The summed E-state index contributed by atoms with van der Waals surface area (Å²) in [7, 11) is -3.01. The van der Waals surface area contributed by atoms with Crippen LogP contribution in [0.1, 0.15) is 73.6 Å². The van der Waals surface area contributed by atoms with Crippen molar-refractivity contribution < 1.29 is 41.3 Å². The zero-order valence-electron chi connectivity index (χ0n) is 27.5. The lowest BCUT2D eigenvalue weighted by Crippen LogP contribution is -2.59. The van der Waals surface area contributed by atoms with Crippen molar-refractivity contribution in [1.82, 2.24) is 15.5 Å². The molecule has 3 fully saturated rings. The SMILES string of the molecule is CC[C@@H]1CC1(NC(=O)[C@@H]1C[C@H](OS(=O)(=O)c2ccc(Br)cc2)CN1C(=O)C(NC(=O)OC1CC(C)C(C)C1)C(C)(C)C)C(=O)OC. The van der Waals surface area contributed by atoms with Gasteiger partial charge in [-0.3, -0.25) is 13.8 Å². The Bertz CT molecular complexity index is 1420. The number of likely N-dealkylation sites (tertiary alicyclic amines) is 1. The summed E-state index contributed by atoms with van der Waals surface area (Å²) in [4.78, 5) is 55.1. The van der Waals surface area contributed by atoms with E-state index in [1.807, 2.05) is 6.92 Å². The molecule has 7 atom stereocenters. The Morgan fingerprint density at radius 3 is 2.17 bits per heavy atom. The fraction of sp³-hybridized carbons (Fsp3) is 0.688.